The Balaban J connectivity index is 2.01. The summed E-state index contributed by atoms with van der Waals surface area (Å²) >= 11 is 0. The Labute approximate surface area is 139 Å². The third-order valence-electron chi connectivity index (χ3n) is 3.63. The van der Waals surface area contributed by atoms with Crippen molar-refractivity contribution in [3.8, 4) is 5.69 Å². The lowest BCUT2D eigenvalue weighted by Gasteiger charge is -2.26. The molecule has 1 heterocycles. The van der Waals surface area contributed by atoms with Crippen LogP contribution < -0.4 is 10.6 Å². The molecule has 0 atom stereocenters. The zero-order valence-electron chi connectivity index (χ0n) is 13.5. The molecule has 3 rings (SSSR count). The van der Waals surface area contributed by atoms with E-state index in [4.69, 9.17) is 0 Å². The van der Waals surface area contributed by atoms with E-state index in [1.807, 2.05) is 62.4 Å². The van der Waals surface area contributed by atoms with E-state index in [0.717, 1.165) is 10.3 Å². The molecule has 0 aliphatic rings. The molecule has 0 saturated carbocycles. The van der Waals surface area contributed by atoms with Crippen molar-refractivity contribution in [3.05, 3.63) is 77.5 Å². The summed E-state index contributed by atoms with van der Waals surface area (Å²) in [5.74, 6) is 0. The minimum atomic E-state index is -0.493. The number of hydrogen-bond acceptors (Lipinski definition) is 3. The number of rotatable bonds is 3. The highest BCUT2D eigenvalue weighted by Gasteiger charge is 2.23. The molecule has 0 aliphatic carbocycles. The molecule has 0 aliphatic heterocycles. The van der Waals surface area contributed by atoms with E-state index in [-0.39, 0.29) is 6.04 Å². The lowest BCUT2D eigenvalue weighted by Crippen LogP contribution is -2.43. The maximum Gasteiger partial charge on any atom is 0.358 e. The summed E-state index contributed by atoms with van der Waals surface area (Å²) in [5.41, 5.74) is 0.856. The molecule has 1 amide bonds. The first kappa shape index (κ1) is 15.7. The van der Waals surface area contributed by atoms with Gasteiger partial charge in [-0.2, -0.15) is 14.3 Å². The number of amides is 1. The van der Waals surface area contributed by atoms with Crippen LogP contribution >= 0.6 is 0 Å². The van der Waals surface area contributed by atoms with Gasteiger partial charge in [-0.05, 0) is 38.1 Å². The number of aromatic nitrogens is 3. The standard InChI is InChI=1S/C18H18N4O2/c1-14(2)21(15-9-5-3-6-10-15)17(23)20-13-19-22(18(20)24)16-11-7-4-8-12-16/h3-14H,1-2H3. The van der Waals surface area contributed by atoms with Crippen LogP contribution in [0.4, 0.5) is 10.5 Å². The minimum absolute atomic E-state index is 0.105. The SMILES string of the molecule is CC(C)N(C(=O)n1cnn(-c2ccccc2)c1=O)c1ccccc1. The second-order valence-corrected chi connectivity index (χ2v) is 5.61. The fourth-order valence-corrected chi connectivity index (χ4v) is 2.52. The maximum absolute atomic E-state index is 12.9. The van der Waals surface area contributed by atoms with Crippen LogP contribution in [0.15, 0.2) is 71.8 Å². The number of anilines is 1. The van der Waals surface area contributed by atoms with E-state index in [2.05, 4.69) is 5.10 Å². The van der Waals surface area contributed by atoms with Crippen molar-refractivity contribution in [1.29, 1.82) is 0 Å². The highest BCUT2D eigenvalue weighted by atomic mass is 16.2. The van der Waals surface area contributed by atoms with Gasteiger partial charge >= 0.3 is 11.7 Å². The largest absolute Gasteiger partial charge is 0.358 e. The van der Waals surface area contributed by atoms with Gasteiger partial charge < -0.3 is 0 Å². The molecule has 6 heteroatoms. The smallest absolute Gasteiger partial charge is 0.291 e. The zero-order valence-corrected chi connectivity index (χ0v) is 13.5. The second kappa shape index (κ2) is 6.54. The number of carbonyl (C=O) groups is 1. The molecular formula is C18H18N4O2. The first-order valence-electron chi connectivity index (χ1n) is 7.70. The molecular weight excluding hydrogens is 304 g/mol. The summed E-state index contributed by atoms with van der Waals surface area (Å²) < 4.78 is 2.24. The topological polar surface area (TPSA) is 60.1 Å². The van der Waals surface area contributed by atoms with Crippen LogP contribution in [0.1, 0.15) is 13.8 Å². The molecule has 2 aromatic carbocycles. The van der Waals surface area contributed by atoms with E-state index in [9.17, 15) is 9.59 Å². The summed E-state index contributed by atoms with van der Waals surface area (Å²) in [4.78, 5) is 27.0. The molecule has 24 heavy (non-hydrogen) atoms. The fraction of sp³-hybridized carbons (Fsp3) is 0.167. The fourth-order valence-electron chi connectivity index (χ4n) is 2.52. The van der Waals surface area contributed by atoms with Gasteiger partial charge in [-0.1, -0.05) is 36.4 Å². The monoisotopic (exact) mass is 322 g/mol. The van der Waals surface area contributed by atoms with Gasteiger partial charge in [-0.25, -0.2) is 9.59 Å². The lowest BCUT2D eigenvalue weighted by molar-refractivity contribution is 0.245. The van der Waals surface area contributed by atoms with Gasteiger partial charge in [0, 0.05) is 11.7 Å². The molecule has 0 radical (unpaired) electrons. The van der Waals surface area contributed by atoms with Crippen LogP contribution in [0.5, 0.6) is 0 Å². The van der Waals surface area contributed by atoms with E-state index >= 15 is 0 Å². The van der Waals surface area contributed by atoms with Crippen molar-refractivity contribution in [2.24, 2.45) is 0 Å². The molecule has 6 nitrogen and oxygen atoms in total. The third-order valence-corrected chi connectivity index (χ3v) is 3.63. The Morgan fingerprint density at radius 2 is 1.58 bits per heavy atom. The van der Waals surface area contributed by atoms with Gasteiger partial charge in [-0.15, -0.1) is 0 Å². The van der Waals surface area contributed by atoms with Crippen molar-refractivity contribution < 1.29 is 4.79 Å². The second-order valence-electron chi connectivity index (χ2n) is 5.61. The predicted molar refractivity (Wildman–Crippen MR) is 92.7 cm³/mol. The normalized spacial score (nSPS) is 10.8. The van der Waals surface area contributed by atoms with Gasteiger partial charge in [-0.3, -0.25) is 4.90 Å². The minimum Gasteiger partial charge on any atom is -0.291 e. The Hall–Kier alpha value is -3.15. The Morgan fingerprint density at radius 1 is 1.00 bits per heavy atom. The molecule has 0 spiro atoms. The van der Waals surface area contributed by atoms with Crippen molar-refractivity contribution in [2.75, 3.05) is 4.90 Å². The van der Waals surface area contributed by atoms with Crippen molar-refractivity contribution >= 4 is 11.7 Å². The van der Waals surface area contributed by atoms with Gasteiger partial charge in [0.05, 0.1) is 5.69 Å². The highest BCUT2D eigenvalue weighted by molar-refractivity contribution is 5.93. The molecule has 3 aromatic rings. The number of para-hydroxylation sites is 2. The van der Waals surface area contributed by atoms with E-state index in [1.165, 1.54) is 11.0 Å². The molecule has 0 bridgehead atoms. The Kier molecular flexibility index (Phi) is 4.29. The molecule has 1 aromatic heterocycles. The molecule has 0 saturated heterocycles. The first-order valence-corrected chi connectivity index (χ1v) is 7.70. The maximum atomic E-state index is 12.9. The predicted octanol–water partition coefficient (Wildman–Crippen LogP) is 2.92. The van der Waals surface area contributed by atoms with Crippen LogP contribution in [0, 0.1) is 0 Å². The van der Waals surface area contributed by atoms with E-state index < -0.39 is 11.7 Å². The van der Waals surface area contributed by atoms with Crippen LogP contribution in [0.25, 0.3) is 5.69 Å². The molecule has 0 fully saturated rings. The Morgan fingerprint density at radius 3 is 2.17 bits per heavy atom. The quantitative estimate of drug-likeness (QED) is 0.745. The number of carbonyl (C=O) groups excluding carboxylic acids is 1. The average molecular weight is 322 g/mol. The van der Waals surface area contributed by atoms with Gasteiger partial charge in [0.25, 0.3) is 0 Å². The van der Waals surface area contributed by atoms with Crippen LogP contribution in [-0.4, -0.2) is 26.4 Å². The van der Waals surface area contributed by atoms with Gasteiger partial charge in [0.2, 0.25) is 0 Å². The highest BCUT2D eigenvalue weighted by Crippen LogP contribution is 2.17. The van der Waals surface area contributed by atoms with Crippen LogP contribution in [0.2, 0.25) is 0 Å². The number of hydrogen-bond donors (Lipinski definition) is 0. The summed E-state index contributed by atoms with van der Waals surface area (Å²) in [6, 6.07) is 17.7. The van der Waals surface area contributed by atoms with Crippen LogP contribution in [-0.2, 0) is 0 Å². The Bertz CT molecular complexity index is 882. The summed E-state index contributed by atoms with van der Waals surface area (Å²) in [6.07, 6.45) is 1.26. The molecule has 122 valence electrons. The summed E-state index contributed by atoms with van der Waals surface area (Å²) in [5, 5.41) is 4.06. The van der Waals surface area contributed by atoms with E-state index in [0.29, 0.717) is 5.69 Å². The zero-order chi connectivity index (χ0) is 17.1. The van der Waals surface area contributed by atoms with E-state index in [1.54, 1.807) is 17.0 Å². The first-order chi connectivity index (χ1) is 11.6. The van der Waals surface area contributed by atoms with Gasteiger partial charge in [0.15, 0.2) is 0 Å². The molecule has 0 unspecified atom stereocenters. The summed E-state index contributed by atoms with van der Waals surface area (Å²) in [7, 11) is 0. The average Bonchev–Trinajstić information content (AvgIpc) is 2.98. The van der Waals surface area contributed by atoms with Crippen molar-refractivity contribution in [1.82, 2.24) is 14.3 Å². The van der Waals surface area contributed by atoms with Crippen molar-refractivity contribution in [3.63, 3.8) is 0 Å². The van der Waals surface area contributed by atoms with Crippen molar-refractivity contribution in [2.45, 2.75) is 19.9 Å². The number of benzene rings is 2. The molecule has 0 N–H and O–H groups in total. The summed E-state index contributed by atoms with van der Waals surface area (Å²) in [6.45, 7) is 3.80. The lowest BCUT2D eigenvalue weighted by atomic mass is 10.2. The van der Waals surface area contributed by atoms with Gasteiger partial charge in [0.1, 0.15) is 6.33 Å². The number of nitrogens with zero attached hydrogens (tertiary/aromatic N) is 4. The van der Waals surface area contributed by atoms with Crippen LogP contribution in [0.3, 0.4) is 0 Å². The third kappa shape index (κ3) is 2.86.